The molecule has 12 heteroatoms. The standard InChI is InChI=1S/C20H18N.2C19H16N.3C5H8O2.3Ir/c1-14-9-15(2)11-18(10-14)19-13-21-20(12-16(19)3)17-7-5-4-6-8-17;1-14-10-15(2)12-18(11-14)17-8-9-20-19(13-17)16-6-4-3-5-7-16;1-14-8-9-18(15(2)12-14)17-10-11-20-19(13-17)16-6-4-3-5-7-16;3*1-4(6)3-5(2)7;;;/h4-7,9-13H,1-3H3;2*3-6,8-13H,1-2H3;3*3,6H,1-2H3;;;/q3*-1;;;;;;. The number of ketones is 3. The Morgan fingerprint density at radius 3 is 1.07 bits per heavy atom. The van der Waals surface area contributed by atoms with Crippen molar-refractivity contribution in [2.75, 3.05) is 0 Å². The first-order chi connectivity index (χ1) is 39.0. The van der Waals surface area contributed by atoms with E-state index in [0.29, 0.717) is 0 Å². The molecule has 3 aromatic heterocycles. The maximum absolute atomic E-state index is 10.0. The molecule has 0 aliphatic rings. The van der Waals surface area contributed by atoms with Gasteiger partial charge in [-0.1, -0.05) is 101 Å². The number of aliphatic hydroxyl groups excluding tert-OH is 3. The summed E-state index contributed by atoms with van der Waals surface area (Å²) < 4.78 is 0. The number of aliphatic hydroxyl groups is 3. The zero-order chi connectivity index (χ0) is 60.3. The first kappa shape index (κ1) is 75.4. The topological polar surface area (TPSA) is 151 Å². The summed E-state index contributed by atoms with van der Waals surface area (Å²) in [5.74, 6) is -0.187. The number of aryl methyl sites for hydroxylation is 7. The molecule has 0 saturated carbocycles. The molecule has 3 heterocycles. The molecule has 0 aliphatic heterocycles. The Bertz CT molecular complexity index is 3540. The summed E-state index contributed by atoms with van der Waals surface area (Å²) in [6.07, 6.45) is 9.20. The quantitative estimate of drug-likeness (QED) is 0.0729. The fourth-order valence-electron chi connectivity index (χ4n) is 8.46. The zero-order valence-electron chi connectivity index (χ0n) is 50.4. The van der Waals surface area contributed by atoms with Gasteiger partial charge in [-0.15, -0.1) is 108 Å². The molecule has 6 aromatic carbocycles. The van der Waals surface area contributed by atoms with Crippen molar-refractivity contribution in [1.29, 1.82) is 0 Å². The minimum absolute atomic E-state index is 0. The van der Waals surface area contributed by atoms with Gasteiger partial charge in [0.15, 0.2) is 17.3 Å². The van der Waals surface area contributed by atoms with Crippen LogP contribution in [-0.2, 0) is 74.7 Å². The summed E-state index contributed by atoms with van der Waals surface area (Å²) in [4.78, 5) is 43.6. The van der Waals surface area contributed by atoms with Crippen molar-refractivity contribution < 1.29 is 90.0 Å². The Labute approximate surface area is 544 Å². The number of benzene rings is 6. The number of hydrogen-bond donors (Lipinski definition) is 3. The van der Waals surface area contributed by atoms with Crippen molar-refractivity contribution in [3.63, 3.8) is 0 Å². The van der Waals surface area contributed by atoms with Crippen molar-refractivity contribution in [1.82, 2.24) is 15.0 Å². The normalized spacial score (nSPS) is 10.4. The number of carbonyl (C=O) groups excluding carboxylic acids is 3. The molecule has 9 rings (SSSR count). The van der Waals surface area contributed by atoms with Crippen molar-refractivity contribution in [3.05, 3.63) is 269 Å². The molecule has 0 amide bonds. The average molecular weight is 1670 g/mol. The molecule has 85 heavy (non-hydrogen) atoms. The van der Waals surface area contributed by atoms with Crippen LogP contribution in [0.2, 0.25) is 0 Å². The molecule has 9 nitrogen and oxygen atoms in total. The van der Waals surface area contributed by atoms with Crippen LogP contribution in [0.15, 0.2) is 212 Å². The van der Waals surface area contributed by atoms with Gasteiger partial charge < -0.3 is 30.3 Å². The van der Waals surface area contributed by atoms with Crippen LogP contribution < -0.4 is 0 Å². The summed E-state index contributed by atoms with van der Waals surface area (Å²) >= 11 is 0. The fraction of sp³-hybridized carbons (Fsp3) is 0.178. The summed E-state index contributed by atoms with van der Waals surface area (Å²) in [6.45, 7) is 23.5. The Morgan fingerprint density at radius 2 is 0.729 bits per heavy atom. The summed E-state index contributed by atoms with van der Waals surface area (Å²) in [5, 5.41) is 25.1. The first-order valence-electron chi connectivity index (χ1n) is 26.7. The predicted molar refractivity (Wildman–Crippen MR) is 336 cm³/mol. The van der Waals surface area contributed by atoms with Gasteiger partial charge in [0, 0.05) is 103 Å². The summed E-state index contributed by atoms with van der Waals surface area (Å²) in [5.41, 5.74) is 22.3. The molecule has 0 unspecified atom stereocenters. The maximum Gasteiger partial charge on any atom is 0.155 e. The predicted octanol–water partition coefficient (Wildman–Crippen LogP) is 17.9. The maximum atomic E-state index is 10.0. The molecule has 0 spiro atoms. The van der Waals surface area contributed by atoms with Crippen LogP contribution in [0.4, 0.5) is 0 Å². The first-order valence-corrected chi connectivity index (χ1v) is 26.7. The van der Waals surface area contributed by atoms with E-state index < -0.39 is 0 Å². The van der Waals surface area contributed by atoms with Gasteiger partial charge in [0.25, 0.3) is 0 Å². The van der Waals surface area contributed by atoms with Crippen LogP contribution in [-0.4, -0.2) is 47.6 Å². The average Bonchev–Trinajstić information content (AvgIpc) is 2.82. The van der Waals surface area contributed by atoms with Crippen LogP contribution in [0.1, 0.15) is 80.5 Å². The molecule has 0 bridgehead atoms. The van der Waals surface area contributed by atoms with E-state index in [2.05, 4.69) is 167 Å². The fourth-order valence-corrected chi connectivity index (χ4v) is 8.46. The minimum atomic E-state index is -0.125. The number of allylic oxidation sites excluding steroid dienone is 6. The van der Waals surface area contributed by atoms with E-state index in [9.17, 15) is 14.4 Å². The third-order valence-electron chi connectivity index (χ3n) is 11.6. The van der Waals surface area contributed by atoms with Crippen LogP contribution >= 0.6 is 0 Å². The van der Waals surface area contributed by atoms with E-state index in [0.717, 1.165) is 33.8 Å². The van der Waals surface area contributed by atoms with Gasteiger partial charge in [-0.3, -0.25) is 14.4 Å². The molecule has 0 fully saturated rings. The van der Waals surface area contributed by atoms with Crippen LogP contribution in [0, 0.1) is 66.7 Å². The largest absolute Gasteiger partial charge is 0.512 e. The SMILES string of the molecule is CC(=O)C=C(C)O.CC(=O)C=C(C)O.CC(=O)C=C(C)O.Cc1cc(C)cc(-c2ccnc(-c3[c-]cccc3)c2)c1.Cc1cc(C)cc(-c2cnc(-c3[c-]cccc3)cc2C)c1.Cc1ccc(-c2ccnc(-c3[c-]cccc3)c2)c(C)c1.[Ir].[Ir].[Ir]. The van der Waals surface area contributed by atoms with Crippen molar-refractivity contribution >= 4 is 17.3 Å². The molecular formula is C73H74Ir3N3O6-3. The Balaban J connectivity index is 0.000000539. The van der Waals surface area contributed by atoms with E-state index in [1.807, 2.05) is 91.4 Å². The van der Waals surface area contributed by atoms with Crippen LogP contribution in [0.25, 0.3) is 67.2 Å². The van der Waals surface area contributed by atoms with E-state index in [4.69, 9.17) is 15.3 Å². The number of aromatic nitrogens is 3. The second kappa shape index (κ2) is 39.1. The van der Waals surface area contributed by atoms with Gasteiger partial charge in [-0.25, -0.2) is 0 Å². The number of hydrogen-bond acceptors (Lipinski definition) is 9. The van der Waals surface area contributed by atoms with Crippen molar-refractivity contribution in [2.24, 2.45) is 0 Å². The summed E-state index contributed by atoms with van der Waals surface area (Å²) in [7, 11) is 0. The summed E-state index contributed by atoms with van der Waals surface area (Å²) in [6, 6.07) is 63.8. The number of pyridine rings is 3. The molecule has 3 radical (unpaired) electrons. The van der Waals surface area contributed by atoms with Gasteiger partial charge in [-0.2, -0.15) is 0 Å². The van der Waals surface area contributed by atoms with Gasteiger partial charge in [0.1, 0.15) is 0 Å². The van der Waals surface area contributed by atoms with Crippen molar-refractivity contribution in [2.45, 2.75) is 90.0 Å². The third kappa shape index (κ3) is 28.2. The van der Waals surface area contributed by atoms with E-state index in [-0.39, 0.29) is 94.9 Å². The Morgan fingerprint density at radius 1 is 0.365 bits per heavy atom. The monoisotopic (exact) mass is 1670 g/mol. The molecule has 447 valence electrons. The van der Waals surface area contributed by atoms with Gasteiger partial charge >= 0.3 is 0 Å². The number of nitrogens with zero attached hydrogens (tertiary/aromatic N) is 3. The van der Waals surface area contributed by atoms with E-state index in [1.54, 1.807) is 0 Å². The van der Waals surface area contributed by atoms with Gasteiger partial charge in [0.05, 0.1) is 17.3 Å². The Kier molecular flexibility index (Phi) is 34.6. The zero-order valence-corrected chi connectivity index (χ0v) is 57.6. The number of rotatable bonds is 9. The van der Waals surface area contributed by atoms with Gasteiger partial charge in [-0.05, 0) is 158 Å². The minimum Gasteiger partial charge on any atom is -0.512 e. The van der Waals surface area contributed by atoms with Gasteiger partial charge in [0.2, 0.25) is 0 Å². The molecule has 0 aliphatic carbocycles. The van der Waals surface area contributed by atoms with Crippen LogP contribution in [0.5, 0.6) is 0 Å². The second-order valence-corrected chi connectivity index (χ2v) is 19.8. The molecular weight excluding hydrogens is 1590 g/mol. The third-order valence-corrected chi connectivity index (χ3v) is 11.6. The second-order valence-electron chi connectivity index (χ2n) is 19.8. The van der Waals surface area contributed by atoms with Crippen molar-refractivity contribution in [3.8, 4) is 67.2 Å². The smallest absolute Gasteiger partial charge is 0.155 e. The Hall–Kier alpha value is -7.65. The van der Waals surface area contributed by atoms with E-state index in [1.165, 1.54) is 132 Å². The van der Waals surface area contributed by atoms with Crippen LogP contribution in [0.3, 0.4) is 0 Å². The number of carbonyl (C=O) groups is 3. The molecule has 0 saturated heterocycles. The van der Waals surface area contributed by atoms with E-state index >= 15 is 0 Å². The molecule has 0 atom stereocenters. The molecule has 9 aromatic rings. The molecule has 3 N–H and O–H groups in total.